The van der Waals surface area contributed by atoms with Gasteiger partial charge in [0.25, 0.3) is 0 Å². The summed E-state index contributed by atoms with van der Waals surface area (Å²) >= 11 is 0. The Morgan fingerprint density at radius 2 is 1.14 bits per heavy atom. The van der Waals surface area contributed by atoms with Crippen LogP contribution in [0.3, 0.4) is 0 Å². The Kier molecular flexibility index (Phi) is 12.8. The van der Waals surface area contributed by atoms with Gasteiger partial charge in [0.1, 0.15) is 5.82 Å². The molecule has 6 heteroatoms. The summed E-state index contributed by atoms with van der Waals surface area (Å²) in [6.07, 6.45) is 4.19. The first-order valence-corrected chi connectivity index (χ1v) is 24.1. The number of allylic oxidation sites excluding steroid dienone is 1. The normalized spacial score (nSPS) is 13.4. The van der Waals surface area contributed by atoms with E-state index in [0.29, 0.717) is 11.5 Å². The molecule has 10 rings (SSSR count). The number of fused-ring (bicyclic) bond motifs is 3. The van der Waals surface area contributed by atoms with Gasteiger partial charge in [-0.2, -0.15) is 6.07 Å². The predicted molar refractivity (Wildman–Crippen MR) is 287 cm³/mol. The van der Waals surface area contributed by atoms with E-state index in [4.69, 9.17) is 9.72 Å². The number of aromatic nitrogens is 2. The average molecular weight is 1100 g/mol. The summed E-state index contributed by atoms with van der Waals surface area (Å²) in [5.74, 6) is 2.02. The minimum atomic E-state index is -0.365. The molecule has 356 valence electrons. The molecule has 0 saturated carbocycles. The maximum Gasteiger partial charge on any atom is 0.135 e. The largest absolute Gasteiger partial charge is 0.509 e. The molecule has 0 N–H and O–H groups in total. The summed E-state index contributed by atoms with van der Waals surface area (Å²) in [6, 6.07) is 68.1. The molecule has 1 aliphatic rings. The molecule has 0 fully saturated rings. The van der Waals surface area contributed by atoms with Gasteiger partial charge < -0.3 is 19.1 Å². The number of nitrogens with zero attached hydrogens (tertiary/aromatic N) is 4. The van der Waals surface area contributed by atoms with Gasteiger partial charge >= 0.3 is 0 Å². The summed E-state index contributed by atoms with van der Waals surface area (Å²) in [7, 11) is 0. The third-order valence-electron chi connectivity index (χ3n) is 14.0. The van der Waals surface area contributed by atoms with Crippen molar-refractivity contribution in [1.29, 1.82) is 0 Å². The van der Waals surface area contributed by atoms with E-state index in [2.05, 4.69) is 272 Å². The van der Waals surface area contributed by atoms with Crippen molar-refractivity contribution >= 4 is 33.2 Å². The molecule has 0 amide bonds. The van der Waals surface area contributed by atoms with E-state index in [0.717, 1.165) is 55.8 Å². The second kappa shape index (κ2) is 18.6. The predicted octanol–water partition coefficient (Wildman–Crippen LogP) is 16.5. The smallest absolute Gasteiger partial charge is 0.135 e. The first-order chi connectivity index (χ1) is 32.9. The molecular weight excluding hydrogens is 1040 g/mol. The van der Waals surface area contributed by atoms with Crippen molar-refractivity contribution < 1.29 is 25.8 Å². The van der Waals surface area contributed by atoms with Crippen LogP contribution in [0.5, 0.6) is 11.5 Å². The molecule has 0 radical (unpaired) electrons. The van der Waals surface area contributed by atoms with Crippen molar-refractivity contribution in [3.63, 3.8) is 0 Å². The van der Waals surface area contributed by atoms with Crippen molar-refractivity contribution in [1.82, 2.24) is 9.55 Å². The SMILES string of the molecule is CC(C)(C)C1=CN(c2cccc(C(C)(C)C)c2)[CH-]N1c1[c-]c(Oc2[c-]c3c(cc2)c2cc(-c4ccccc4)ccc2n3-c2cc(C(C)(C)c3ccccc3)ccn2)cc(C(C)(C)c2ccccc2)c1.[Pt]. The first-order valence-electron chi connectivity index (χ1n) is 24.1. The maximum atomic E-state index is 7.04. The third-order valence-corrected chi connectivity index (χ3v) is 14.0. The van der Waals surface area contributed by atoms with Crippen LogP contribution < -0.4 is 14.5 Å². The molecule has 0 spiro atoms. The van der Waals surface area contributed by atoms with Crippen molar-refractivity contribution in [3.05, 3.63) is 235 Å². The van der Waals surface area contributed by atoms with Gasteiger partial charge in [0.2, 0.25) is 0 Å². The zero-order valence-electron chi connectivity index (χ0n) is 41.9. The molecule has 3 heterocycles. The summed E-state index contributed by atoms with van der Waals surface area (Å²) in [4.78, 5) is 9.58. The number of rotatable bonds is 10. The Bertz CT molecular complexity index is 3360. The quantitative estimate of drug-likeness (QED) is 0.128. The maximum absolute atomic E-state index is 7.04. The van der Waals surface area contributed by atoms with Crippen LogP contribution in [0.1, 0.15) is 97.1 Å². The molecule has 5 nitrogen and oxygen atoms in total. The molecule has 2 aromatic heterocycles. The number of anilines is 2. The Morgan fingerprint density at radius 3 is 1.80 bits per heavy atom. The zero-order chi connectivity index (χ0) is 48.3. The van der Waals surface area contributed by atoms with E-state index >= 15 is 0 Å². The molecule has 70 heavy (non-hydrogen) atoms. The molecule has 7 aromatic carbocycles. The Morgan fingerprint density at radius 1 is 0.500 bits per heavy atom. The van der Waals surface area contributed by atoms with E-state index in [1.807, 2.05) is 12.3 Å². The molecular formula is C64H61N4OPt-3. The standard InChI is InChI=1S/C64H61N4O.Pt/c1-61(2,3)48-27-20-28-51(36-48)66-42-59(62(4,5)6)67(43-66)52-37-50(64(9,10)47-25-18-13-19-26-47)38-54(40-52)69-53-30-31-55-56-35-45(44-21-14-11-15-22-44)29-32-57(56)68(58(55)41-53)60-39-49(33-34-65-60)63(7,8)46-23-16-12-17-24-46;/h11-39,42-43H,1-10H3;/q-3;. The van der Waals surface area contributed by atoms with Crippen LogP contribution in [-0.4, -0.2) is 9.55 Å². The molecule has 0 saturated heterocycles. The van der Waals surface area contributed by atoms with Crippen LogP contribution in [0.25, 0.3) is 38.8 Å². The minimum absolute atomic E-state index is 0. The summed E-state index contributed by atoms with van der Waals surface area (Å²) < 4.78 is 9.28. The summed E-state index contributed by atoms with van der Waals surface area (Å²) in [5, 5.41) is 2.18. The van der Waals surface area contributed by atoms with E-state index in [9.17, 15) is 0 Å². The number of hydrogen-bond acceptors (Lipinski definition) is 4. The van der Waals surface area contributed by atoms with E-state index in [1.165, 1.54) is 27.8 Å². The molecule has 0 atom stereocenters. The number of benzene rings is 7. The van der Waals surface area contributed by atoms with E-state index < -0.39 is 0 Å². The first kappa shape index (κ1) is 48.3. The van der Waals surface area contributed by atoms with Crippen molar-refractivity contribution in [3.8, 4) is 28.4 Å². The average Bonchev–Trinajstić information content (AvgIpc) is 3.95. The summed E-state index contributed by atoms with van der Waals surface area (Å²) in [6.45, 7) is 24.9. The van der Waals surface area contributed by atoms with Crippen LogP contribution in [-0.2, 0) is 37.3 Å². The van der Waals surface area contributed by atoms with Crippen molar-refractivity contribution in [2.75, 3.05) is 9.80 Å². The zero-order valence-corrected chi connectivity index (χ0v) is 44.2. The van der Waals surface area contributed by atoms with Crippen LogP contribution in [0.4, 0.5) is 11.4 Å². The van der Waals surface area contributed by atoms with Gasteiger partial charge in [0, 0.05) is 66.5 Å². The second-order valence-electron chi connectivity index (χ2n) is 21.6. The van der Waals surface area contributed by atoms with Gasteiger partial charge in [-0.15, -0.1) is 53.6 Å². The van der Waals surface area contributed by atoms with Gasteiger partial charge in [-0.05, 0) is 86.1 Å². The fourth-order valence-corrected chi connectivity index (χ4v) is 9.63. The molecule has 0 unspecified atom stereocenters. The van der Waals surface area contributed by atoms with Crippen LogP contribution in [0.2, 0.25) is 0 Å². The van der Waals surface area contributed by atoms with Gasteiger partial charge in [0.15, 0.2) is 0 Å². The Labute approximate surface area is 429 Å². The van der Waals surface area contributed by atoms with Gasteiger partial charge in [-0.25, -0.2) is 4.98 Å². The van der Waals surface area contributed by atoms with Crippen LogP contribution in [0.15, 0.2) is 188 Å². The molecule has 9 aromatic rings. The number of ether oxygens (including phenoxy) is 1. The van der Waals surface area contributed by atoms with Crippen molar-refractivity contribution in [2.45, 2.75) is 85.5 Å². The minimum Gasteiger partial charge on any atom is -0.509 e. The third kappa shape index (κ3) is 9.25. The fourth-order valence-electron chi connectivity index (χ4n) is 9.63. The van der Waals surface area contributed by atoms with E-state index in [-0.39, 0.29) is 42.7 Å². The van der Waals surface area contributed by atoms with Gasteiger partial charge in [-0.1, -0.05) is 190 Å². The Hall–Kier alpha value is -6.68. The monoisotopic (exact) mass is 1100 g/mol. The van der Waals surface area contributed by atoms with Crippen LogP contribution in [0, 0.1) is 24.2 Å². The molecule has 0 bridgehead atoms. The van der Waals surface area contributed by atoms with Gasteiger partial charge in [-0.3, -0.25) is 0 Å². The topological polar surface area (TPSA) is 33.5 Å². The van der Waals surface area contributed by atoms with Crippen LogP contribution >= 0.6 is 0 Å². The van der Waals surface area contributed by atoms with Crippen molar-refractivity contribution in [2.24, 2.45) is 5.41 Å². The Balaban J connectivity index is 0.00000608. The second-order valence-corrected chi connectivity index (χ2v) is 21.6. The van der Waals surface area contributed by atoms with E-state index in [1.54, 1.807) is 0 Å². The number of hydrogen-bond donors (Lipinski definition) is 0. The summed E-state index contributed by atoms with van der Waals surface area (Å²) in [5.41, 5.74) is 12.6. The molecule has 0 aliphatic carbocycles. The number of pyridine rings is 1. The van der Waals surface area contributed by atoms with Gasteiger partial charge in [0.05, 0.1) is 0 Å². The molecule has 1 aliphatic heterocycles. The fraction of sp³-hybridized carbons (Fsp3) is 0.219.